The van der Waals surface area contributed by atoms with E-state index >= 15 is 0 Å². The summed E-state index contributed by atoms with van der Waals surface area (Å²) in [5.41, 5.74) is 0. The van der Waals surface area contributed by atoms with E-state index in [1.165, 1.54) is 128 Å². The third-order valence-electron chi connectivity index (χ3n) is 5.00. The van der Waals surface area contributed by atoms with Crippen molar-refractivity contribution < 1.29 is 0 Å². The summed E-state index contributed by atoms with van der Waals surface area (Å²) in [7, 11) is 0. The lowest BCUT2D eigenvalue weighted by atomic mass is 10.4. The minimum atomic E-state index is 1.32. The van der Waals surface area contributed by atoms with Crippen LogP contribution in [0.25, 0.3) is 0 Å². The molecule has 0 amide bonds. The molecule has 0 aliphatic carbocycles. The van der Waals surface area contributed by atoms with Gasteiger partial charge in [-0.05, 0) is 0 Å². The molecule has 0 saturated carbocycles. The molecule has 0 saturated heterocycles. The van der Waals surface area contributed by atoms with Crippen LogP contribution in [0.3, 0.4) is 0 Å². The highest BCUT2D eigenvalue weighted by atomic mass is 13.7. The van der Waals surface area contributed by atoms with Crippen LogP contribution in [-0.2, 0) is 0 Å². The molecule has 0 aliphatic heterocycles. The quantitative estimate of drug-likeness (QED) is 0.241. The molecular formula is C40H100. The Morgan fingerprint density at radius 3 is 0.125 bits per heavy atom. The van der Waals surface area contributed by atoms with Gasteiger partial charge in [0.1, 0.15) is 0 Å². The van der Waals surface area contributed by atoms with Crippen molar-refractivity contribution >= 4 is 0 Å². The van der Waals surface area contributed by atoms with E-state index < -0.39 is 0 Å². The highest BCUT2D eigenvalue weighted by Crippen LogP contribution is 1.80. The summed E-state index contributed by atoms with van der Waals surface area (Å²) < 4.78 is 0. The Morgan fingerprint density at radius 1 is 0.100 bits per heavy atom. The molecule has 0 aliphatic rings. The molecule has 0 rings (SSSR count). The van der Waals surface area contributed by atoms with Crippen LogP contribution in [0.5, 0.6) is 0 Å². The highest BCUT2D eigenvalue weighted by molar-refractivity contribution is 4.16. The number of hydrogen-bond acceptors (Lipinski definition) is 0. The van der Waals surface area contributed by atoms with Crippen molar-refractivity contribution in [3.05, 3.63) is 0 Å². The van der Waals surface area contributed by atoms with Crippen molar-refractivity contribution in [2.75, 3.05) is 0 Å². The topological polar surface area (TPSA) is 0 Å². The van der Waals surface area contributed by atoms with E-state index in [2.05, 4.69) is 138 Å². The second kappa shape index (κ2) is 141. The largest absolute Gasteiger partial charge is 0.0654 e. The SMILES string of the molecule is CCCC.CCCC.CCCC.CCCC.CCCC.CCCC.CCCC.CCCC.CCCC.CCCC. The average Bonchev–Trinajstić information content (AvgIpc) is 3.05. The molecule has 0 nitrogen and oxygen atoms in total. The molecule has 0 unspecified atom stereocenters. The van der Waals surface area contributed by atoms with Crippen molar-refractivity contribution in [2.24, 2.45) is 0 Å². The van der Waals surface area contributed by atoms with Gasteiger partial charge in [0.05, 0.1) is 0 Å². The van der Waals surface area contributed by atoms with Gasteiger partial charge in [-0.1, -0.05) is 267 Å². The minimum Gasteiger partial charge on any atom is -0.0654 e. The standard InChI is InChI=1S/10C4H10/c10*1-3-4-2/h10*3-4H2,1-2H3. The molecular weight excluding hydrogens is 480 g/mol. The van der Waals surface area contributed by atoms with Crippen molar-refractivity contribution in [3.63, 3.8) is 0 Å². The average molecular weight is 581 g/mol. The second-order valence-corrected chi connectivity index (χ2v) is 10.00. The molecule has 0 N–H and O–H groups in total. The lowest BCUT2D eigenvalue weighted by Crippen LogP contribution is -1.47. The summed E-state index contributed by atoms with van der Waals surface area (Å²) in [6.07, 6.45) is 26.4. The second-order valence-electron chi connectivity index (χ2n) is 10.00. The van der Waals surface area contributed by atoms with Gasteiger partial charge in [-0.15, -0.1) is 0 Å². The van der Waals surface area contributed by atoms with Crippen molar-refractivity contribution in [1.82, 2.24) is 0 Å². The first-order chi connectivity index (χ1) is 19.1. The van der Waals surface area contributed by atoms with Crippen molar-refractivity contribution in [2.45, 2.75) is 267 Å². The Balaban J connectivity index is -0.0000000312. The number of rotatable bonds is 10. The Labute approximate surface area is 266 Å². The van der Waals surface area contributed by atoms with Gasteiger partial charge in [0.25, 0.3) is 0 Å². The van der Waals surface area contributed by atoms with E-state index in [9.17, 15) is 0 Å². The smallest absolute Gasteiger partial charge is 0.0564 e. The van der Waals surface area contributed by atoms with E-state index in [-0.39, 0.29) is 0 Å². The van der Waals surface area contributed by atoms with E-state index in [1.54, 1.807) is 0 Å². The lowest BCUT2D eigenvalue weighted by Gasteiger charge is -1.68. The van der Waals surface area contributed by atoms with Crippen LogP contribution < -0.4 is 0 Å². The summed E-state index contributed by atoms with van der Waals surface area (Å²) in [6.45, 7) is 43.6. The molecule has 0 radical (unpaired) electrons. The maximum atomic E-state index is 2.18. The summed E-state index contributed by atoms with van der Waals surface area (Å²) in [5, 5.41) is 0. The van der Waals surface area contributed by atoms with Gasteiger partial charge < -0.3 is 0 Å². The van der Waals surface area contributed by atoms with Gasteiger partial charge in [0, 0.05) is 0 Å². The van der Waals surface area contributed by atoms with E-state index in [0.717, 1.165) is 0 Å². The monoisotopic (exact) mass is 581 g/mol. The van der Waals surface area contributed by atoms with Crippen LogP contribution in [0.4, 0.5) is 0 Å². The fourth-order valence-electron chi connectivity index (χ4n) is 0. The molecule has 0 aromatic rings. The van der Waals surface area contributed by atoms with Gasteiger partial charge in [-0.3, -0.25) is 0 Å². The molecule has 0 fully saturated rings. The first-order valence-corrected chi connectivity index (χ1v) is 19.1. The maximum absolute atomic E-state index is 2.18. The maximum Gasteiger partial charge on any atom is -0.0564 e. The van der Waals surface area contributed by atoms with Crippen molar-refractivity contribution in [1.29, 1.82) is 0 Å². The van der Waals surface area contributed by atoms with Crippen LogP contribution in [0.15, 0.2) is 0 Å². The van der Waals surface area contributed by atoms with Crippen LogP contribution in [0, 0.1) is 0 Å². The molecule has 0 spiro atoms. The molecule has 0 bridgehead atoms. The van der Waals surface area contributed by atoms with Gasteiger partial charge >= 0.3 is 0 Å². The van der Waals surface area contributed by atoms with Crippen LogP contribution in [0.2, 0.25) is 0 Å². The van der Waals surface area contributed by atoms with Crippen LogP contribution in [0.1, 0.15) is 267 Å². The van der Waals surface area contributed by atoms with Crippen LogP contribution in [-0.4, -0.2) is 0 Å². The molecule has 260 valence electrons. The normalized spacial score (nSPS) is 7.50. The Morgan fingerprint density at radius 2 is 0.125 bits per heavy atom. The minimum absolute atomic E-state index is 1.32. The summed E-state index contributed by atoms with van der Waals surface area (Å²) >= 11 is 0. The predicted molar refractivity (Wildman–Crippen MR) is 206 cm³/mol. The Kier molecular flexibility index (Phi) is 238. The molecule has 0 atom stereocenters. The number of unbranched alkanes of at least 4 members (excludes halogenated alkanes) is 10. The van der Waals surface area contributed by atoms with Crippen molar-refractivity contribution in [3.8, 4) is 0 Å². The summed E-state index contributed by atoms with van der Waals surface area (Å²) in [6, 6.07) is 0. The van der Waals surface area contributed by atoms with E-state index in [1.807, 2.05) is 0 Å². The first kappa shape index (κ1) is 67.6. The molecule has 0 heterocycles. The lowest BCUT2D eigenvalue weighted by molar-refractivity contribution is 0.886. The zero-order chi connectivity index (χ0) is 34.1. The van der Waals surface area contributed by atoms with Gasteiger partial charge in [-0.2, -0.15) is 0 Å². The van der Waals surface area contributed by atoms with Gasteiger partial charge in [0.2, 0.25) is 0 Å². The molecule has 40 heavy (non-hydrogen) atoms. The third-order valence-corrected chi connectivity index (χ3v) is 5.00. The van der Waals surface area contributed by atoms with E-state index in [0.29, 0.717) is 0 Å². The Hall–Kier alpha value is 0. The van der Waals surface area contributed by atoms with E-state index in [4.69, 9.17) is 0 Å². The molecule has 0 heteroatoms. The number of hydrogen-bond donors (Lipinski definition) is 0. The highest BCUT2D eigenvalue weighted by Gasteiger charge is 1.59. The predicted octanol–water partition coefficient (Wildman–Crippen LogP) is 18.1. The summed E-state index contributed by atoms with van der Waals surface area (Å²) in [4.78, 5) is 0. The molecule has 0 aromatic carbocycles. The van der Waals surface area contributed by atoms with Gasteiger partial charge in [0.15, 0.2) is 0 Å². The fraction of sp³-hybridized carbons (Fsp3) is 1.00. The zero-order valence-electron chi connectivity index (χ0n) is 34.1. The fourth-order valence-corrected chi connectivity index (χ4v) is 0. The zero-order valence-corrected chi connectivity index (χ0v) is 34.1. The first-order valence-electron chi connectivity index (χ1n) is 19.1. The third kappa shape index (κ3) is 520. The van der Waals surface area contributed by atoms with Crippen LogP contribution >= 0.6 is 0 Å². The summed E-state index contributed by atoms with van der Waals surface area (Å²) in [5.74, 6) is 0. The molecule has 0 aromatic heterocycles. The Bertz CT molecular complexity index is 86.4. The van der Waals surface area contributed by atoms with Gasteiger partial charge in [-0.25, -0.2) is 0 Å².